The molecule has 22 heteroatoms. The number of aromatic nitrogens is 2. The van der Waals surface area contributed by atoms with E-state index in [-0.39, 0.29) is 87.0 Å². The number of carboxylic acid groups (broad SMARTS) is 2. The Balaban J connectivity index is 1.22. The summed E-state index contributed by atoms with van der Waals surface area (Å²) in [6, 6.07) is 6.58. The van der Waals surface area contributed by atoms with Crippen LogP contribution >= 0.6 is 0 Å². The number of aromatic amines is 1. The van der Waals surface area contributed by atoms with E-state index in [1.54, 1.807) is 41.0 Å². The number of nitrogens with one attached hydrogen (secondary N) is 5. The van der Waals surface area contributed by atoms with Gasteiger partial charge in [-0.2, -0.15) is 4.98 Å². The number of rotatable bonds is 25. The summed E-state index contributed by atoms with van der Waals surface area (Å²) in [5.74, 6) is -2.65. The van der Waals surface area contributed by atoms with Crippen LogP contribution in [0, 0.1) is 0 Å². The van der Waals surface area contributed by atoms with Crippen LogP contribution in [0.15, 0.2) is 39.0 Å². The second-order valence-corrected chi connectivity index (χ2v) is 14.0. The fourth-order valence-corrected chi connectivity index (χ4v) is 5.85. The van der Waals surface area contributed by atoms with Crippen molar-refractivity contribution in [1.29, 1.82) is 0 Å². The number of anilines is 2. The zero-order chi connectivity index (χ0) is 43.9. The predicted octanol–water partition coefficient (Wildman–Crippen LogP) is -0.858. The molecule has 3 rings (SSSR count). The molecular weight excluding hydrogens is 784 g/mol. The summed E-state index contributed by atoms with van der Waals surface area (Å²) in [7, 11) is 0. The van der Waals surface area contributed by atoms with E-state index in [9.17, 15) is 39.0 Å². The average Bonchev–Trinajstić information content (AvgIpc) is 3.28. The van der Waals surface area contributed by atoms with E-state index in [0.29, 0.717) is 83.3 Å². The normalized spacial score (nSPS) is 14.9. The Kier molecular flexibility index (Phi) is 21.3. The number of aliphatic carboxylic acids is 2. The summed E-state index contributed by atoms with van der Waals surface area (Å²) in [5.41, 5.74) is 6.78. The molecule has 2 heterocycles. The van der Waals surface area contributed by atoms with Crippen LogP contribution < -0.4 is 32.6 Å². The van der Waals surface area contributed by atoms with Crippen LogP contribution in [0.25, 0.3) is 0 Å². The maximum absolute atomic E-state index is 12.8. The molecule has 22 nitrogen and oxygen atoms in total. The van der Waals surface area contributed by atoms with Crippen LogP contribution in [-0.2, 0) is 28.7 Å². The molecule has 1 aliphatic rings. The van der Waals surface area contributed by atoms with Gasteiger partial charge < -0.3 is 46.7 Å². The number of hydrogen-bond donors (Lipinski definition) is 8. The maximum atomic E-state index is 12.8. The monoisotopic (exact) mass is 842 g/mol. The van der Waals surface area contributed by atoms with Crippen molar-refractivity contribution < 1.29 is 43.7 Å². The van der Waals surface area contributed by atoms with Crippen molar-refractivity contribution in [2.75, 3.05) is 116 Å². The molecule has 9 N–H and O–H groups in total. The lowest BCUT2D eigenvalue weighted by atomic mass is 10.1. The van der Waals surface area contributed by atoms with Crippen LogP contribution in [0.2, 0.25) is 0 Å². The van der Waals surface area contributed by atoms with E-state index in [1.807, 2.05) is 11.8 Å². The van der Waals surface area contributed by atoms with Gasteiger partial charge in [0.15, 0.2) is 11.5 Å². The second kappa shape index (κ2) is 26.3. The second-order valence-electron chi connectivity index (χ2n) is 14.0. The minimum absolute atomic E-state index is 0.00332. The minimum atomic E-state index is -0.966. The van der Waals surface area contributed by atoms with E-state index < -0.39 is 17.5 Å². The highest BCUT2D eigenvalue weighted by molar-refractivity contribution is 5.95. The van der Waals surface area contributed by atoms with Gasteiger partial charge in [0.05, 0.1) is 52.6 Å². The lowest BCUT2D eigenvalue weighted by Gasteiger charge is -2.24. The molecule has 1 atom stereocenters. The highest BCUT2D eigenvalue weighted by Gasteiger charge is 2.21. The van der Waals surface area contributed by atoms with Gasteiger partial charge in [-0.3, -0.25) is 48.5 Å². The SMILES string of the molecule is C=Nc1nc(N)[nH]c(=O)c1/N=C(\C)CNc1ccc(C(=O)N[C@H](C)CCC(=O)NCCOCCOCCNC(=O)CN2CCN(CC(=O)O)CCN(CC(=O)O)CC2)cc1. The van der Waals surface area contributed by atoms with Crippen molar-refractivity contribution in [3.8, 4) is 0 Å². The summed E-state index contributed by atoms with van der Waals surface area (Å²) in [4.78, 5) is 92.0. The van der Waals surface area contributed by atoms with Crippen molar-refractivity contribution in [2.24, 2.45) is 9.98 Å². The smallest absolute Gasteiger partial charge is 0.317 e. The van der Waals surface area contributed by atoms with Gasteiger partial charge >= 0.3 is 11.9 Å². The molecule has 0 unspecified atom stereocenters. The number of amides is 3. The molecule has 1 saturated heterocycles. The number of hydrogen-bond acceptors (Lipinski definition) is 16. The number of nitrogens with zero attached hydrogens (tertiary/aromatic N) is 6. The predicted molar refractivity (Wildman–Crippen MR) is 225 cm³/mol. The first-order valence-corrected chi connectivity index (χ1v) is 19.6. The van der Waals surface area contributed by atoms with Crippen LogP contribution in [0.1, 0.15) is 37.0 Å². The third kappa shape index (κ3) is 19.3. The van der Waals surface area contributed by atoms with E-state index in [4.69, 9.17) is 15.2 Å². The lowest BCUT2D eigenvalue weighted by Crippen LogP contribution is -2.43. The van der Waals surface area contributed by atoms with Gasteiger partial charge in [0.2, 0.25) is 17.8 Å². The number of carbonyl (C=O) groups is 5. The Morgan fingerprint density at radius 3 is 1.93 bits per heavy atom. The van der Waals surface area contributed by atoms with E-state index >= 15 is 0 Å². The number of carbonyl (C=O) groups excluding carboxylic acids is 3. The first-order valence-electron chi connectivity index (χ1n) is 19.6. The summed E-state index contributed by atoms with van der Waals surface area (Å²) in [6.45, 7) is 11.4. The number of nitrogens with two attached hydrogens (primary N) is 1. The molecule has 1 aliphatic heterocycles. The van der Waals surface area contributed by atoms with Crippen molar-refractivity contribution >= 4 is 65.2 Å². The highest BCUT2D eigenvalue weighted by Crippen LogP contribution is 2.21. The first kappa shape index (κ1) is 48.6. The molecule has 60 heavy (non-hydrogen) atoms. The van der Waals surface area contributed by atoms with Gasteiger partial charge in [0.25, 0.3) is 11.5 Å². The molecule has 0 radical (unpaired) electrons. The van der Waals surface area contributed by atoms with Crippen molar-refractivity contribution in [3.05, 3.63) is 40.2 Å². The van der Waals surface area contributed by atoms with Crippen molar-refractivity contribution in [1.82, 2.24) is 40.6 Å². The van der Waals surface area contributed by atoms with Gasteiger partial charge in [0.1, 0.15) is 0 Å². The van der Waals surface area contributed by atoms with Gasteiger partial charge in [-0.1, -0.05) is 0 Å². The molecule has 1 aromatic heterocycles. The van der Waals surface area contributed by atoms with Crippen LogP contribution in [0.4, 0.5) is 23.1 Å². The van der Waals surface area contributed by atoms with Gasteiger partial charge in [-0.15, -0.1) is 0 Å². The molecule has 0 aliphatic carbocycles. The third-order valence-electron chi connectivity index (χ3n) is 9.02. The van der Waals surface area contributed by atoms with Crippen molar-refractivity contribution in [2.45, 2.75) is 32.7 Å². The molecule has 3 amide bonds. The number of H-pyrrole nitrogens is 1. The van der Waals surface area contributed by atoms with Gasteiger partial charge in [-0.25, -0.2) is 9.98 Å². The zero-order valence-corrected chi connectivity index (χ0v) is 34.2. The average molecular weight is 843 g/mol. The van der Waals surface area contributed by atoms with Crippen LogP contribution in [0.5, 0.6) is 0 Å². The quantitative estimate of drug-likeness (QED) is 0.0446. The Bertz CT molecular complexity index is 1800. The van der Waals surface area contributed by atoms with E-state index in [2.05, 4.69) is 47.9 Å². The highest BCUT2D eigenvalue weighted by atomic mass is 16.5. The lowest BCUT2D eigenvalue weighted by molar-refractivity contribution is -0.140. The fourth-order valence-electron chi connectivity index (χ4n) is 5.85. The van der Waals surface area contributed by atoms with E-state index in [0.717, 1.165) is 5.69 Å². The molecule has 0 bridgehead atoms. The Morgan fingerprint density at radius 2 is 1.40 bits per heavy atom. The van der Waals surface area contributed by atoms with Crippen LogP contribution in [-0.4, -0.2) is 188 Å². The fraction of sp³-hybridized carbons (Fsp3) is 0.553. The topological polar surface area (TPSA) is 299 Å². The summed E-state index contributed by atoms with van der Waals surface area (Å²) >= 11 is 0. The van der Waals surface area contributed by atoms with Gasteiger partial charge in [0, 0.05) is 81.8 Å². The molecule has 1 aromatic carbocycles. The largest absolute Gasteiger partial charge is 0.480 e. The maximum Gasteiger partial charge on any atom is 0.317 e. The molecule has 330 valence electrons. The Labute approximate surface area is 348 Å². The van der Waals surface area contributed by atoms with Crippen LogP contribution in [0.3, 0.4) is 0 Å². The zero-order valence-electron chi connectivity index (χ0n) is 34.2. The summed E-state index contributed by atoms with van der Waals surface area (Å²) in [5, 5.41) is 30.1. The van der Waals surface area contributed by atoms with E-state index in [1.165, 1.54) is 0 Å². The molecular formula is C38H58N12O10. The minimum Gasteiger partial charge on any atom is -0.480 e. The molecule has 1 fully saturated rings. The number of benzene rings is 1. The molecule has 0 spiro atoms. The number of nitrogen functional groups attached to an aromatic ring is 1. The standard InChI is InChI=1S/C38H58N12O10/c1-26(45-36(57)28-5-7-29(8-6-28)43-22-27(2)44-34-35(40-3)46-38(39)47-37(34)58)4-9-30(51)41-10-18-59-20-21-60-19-11-42-31(52)23-48-12-14-49(24-32(53)54)16-17-50(15-13-48)25-33(55)56/h5-8,26,43H,3-4,9-25H2,1-2H3,(H,41,51)(H,42,52)(H,45,57)(H,53,54)(H,55,56)(H3,39,46,47,58)/b44-27+/t26-/m1/s1. The summed E-state index contributed by atoms with van der Waals surface area (Å²) in [6.07, 6.45) is 0.651. The van der Waals surface area contributed by atoms with Crippen molar-refractivity contribution in [3.63, 3.8) is 0 Å². The Morgan fingerprint density at radius 1 is 0.867 bits per heavy atom. The van der Waals surface area contributed by atoms with Gasteiger partial charge in [-0.05, 0) is 51.3 Å². The number of aliphatic imine (C=N–C) groups is 2. The third-order valence-corrected chi connectivity index (χ3v) is 9.02. The Hall–Kier alpha value is -5.81. The number of carboxylic acids is 2. The molecule has 2 aromatic rings. The first-order chi connectivity index (χ1) is 28.7. The summed E-state index contributed by atoms with van der Waals surface area (Å²) < 4.78 is 11.0. The number of ether oxygens (including phenoxy) is 2. The molecule has 0 saturated carbocycles.